The van der Waals surface area contributed by atoms with Crippen molar-refractivity contribution in [2.24, 2.45) is 11.3 Å². The summed E-state index contributed by atoms with van der Waals surface area (Å²) in [5, 5.41) is 37.4. The van der Waals surface area contributed by atoms with E-state index in [1.165, 1.54) is 18.3 Å². The Morgan fingerprint density at radius 2 is 1.84 bits per heavy atom. The van der Waals surface area contributed by atoms with Crippen LogP contribution in [0.5, 0.6) is 0 Å². The molecular weight excluding hydrogens is 491 g/mol. The number of nitrogens with one attached hydrogen (secondary N) is 2. The number of hydrogen-bond donors (Lipinski definition) is 4. The smallest absolute Gasteiger partial charge is 0.422 e. The summed E-state index contributed by atoms with van der Waals surface area (Å²) in [5.74, 6) is -1.94. The van der Waals surface area contributed by atoms with E-state index in [1.807, 2.05) is 0 Å². The monoisotopic (exact) mass is 517 g/mol. The van der Waals surface area contributed by atoms with E-state index in [2.05, 4.69) is 21.5 Å². The Bertz CT molecular complexity index is 1420. The molecule has 4 N–H and O–H groups in total. The Labute approximate surface area is 209 Å². The molecule has 0 saturated heterocycles. The molecule has 2 heterocycles. The number of H-pyrrole nitrogens is 1. The SMILES string of the molecule is CC(C)(C(=O)O)C(O)(c1ccc(Nc2nn(C3CCCCC3C#N)c3cc[nH]c(=O)c23)cc1)C(F)(F)F. The maximum Gasteiger partial charge on any atom is 0.422 e. The van der Waals surface area contributed by atoms with Gasteiger partial charge >= 0.3 is 12.1 Å². The number of alkyl halides is 3. The van der Waals surface area contributed by atoms with Crippen LogP contribution in [0.4, 0.5) is 24.7 Å². The number of anilines is 2. The number of carboxylic acids is 1. The van der Waals surface area contributed by atoms with Crippen LogP contribution >= 0.6 is 0 Å². The van der Waals surface area contributed by atoms with Gasteiger partial charge in [-0.1, -0.05) is 25.0 Å². The van der Waals surface area contributed by atoms with E-state index in [9.17, 15) is 38.2 Å². The number of nitriles is 1. The van der Waals surface area contributed by atoms with Crippen molar-refractivity contribution in [3.63, 3.8) is 0 Å². The summed E-state index contributed by atoms with van der Waals surface area (Å²) in [6.07, 6.45) is -0.533. The third-order valence-electron chi connectivity index (χ3n) is 7.25. The predicted molar refractivity (Wildman–Crippen MR) is 128 cm³/mol. The number of nitrogens with zero attached hydrogens (tertiary/aromatic N) is 3. The van der Waals surface area contributed by atoms with Gasteiger partial charge in [-0.3, -0.25) is 14.3 Å². The van der Waals surface area contributed by atoms with Crippen LogP contribution in [0, 0.1) is 22.7 Å². The van der Waals surface area contributed by atoms with Gasteiger partial charge in [-0.25, -0.2) is 0 Å². The molecular formula is C25H26F3N5O4. The molecule has 2 aromatic heterocycles. The summed E-state index contributed by atoms with van der Waals surface area (Å²) in [6.45, 7) is 1.61. The molecule has 3 unspecified atom stereocenters. The summed E-state index contributed by atoms with van der Waals surface area (Å²) >= 11 is 0. The molecule has 1 aliphatic rings. The number of carboxylic acid groups (broad SMARTS) is 1. The summed E-state index contributed by atoms with van der Waals surface area (Å²) in [6, 6.07) is 8.21. The topological polar surface area (TPSA) is 144 Å². The second-order valence-corrected chi connectivity index (χ2v) is 9.79. The maximum absolute atomic E-state index is 13.9. The van der Waals surface area contributed by atoms with Crippen LogP contribution in [0.1, 0.15) is 51.1 Å². The number of halogens is 3. The largest absolute Gasteiger partial charge is 0.481 e. The summed E-state index contributed by atoms with van der Waals surface area (Å²) in [4.78, 5) is 26.9. The number of aliphatic hydroxyl groups is 1. The van der Waals surface area contributed by atoms with Crippen LogP contribution in [0.3, 0.4) is 0 Å². The van der Waals surface area contributed by atoms with Gasteiger partial charge in [-0.2, -0.15) is 23.5 Å². The van der Waals surface area contributed by atoms with Crippen LogP contribution in [-0.2, 0) is 10.4 Å². The number of hydrogen-bond acceptors (Lipinski definition) is 6. The lowest BCUT2D eigenvalue weighted by molar-refractivity contribution is -0.302. The highest BCUT2D eigenvalue weighted by atomic mass is 19.4. The van der Waals surface area contributed by atoms with Gasteiger partial charge in [0.2, 0.25) is 5.60 Å². The van der Waals surface area contributed by atoms with Crippen molar-refractivity contribution in [2.75, 3.05) is 5.32 Å². The molecule has 4 rings (SSSR count). The Morgan fingerprint density at radius 1 is 1.19 bits per heavy atom. The second-order valence-electron chi connectivity index (χ2n) is 9.79. The first-order chi connectivity index (χ1) is 17.3. The molecule has 3 atom stereocenters. The predicted octanol–water partition coefficient (Wildman–Crippen LogP) is 4.58. The van der Waals surface area contributed by atoms with E-state index in [4.69, 9.17) is 0 Å². The number of aromatic amines is 1. The molecule has 1 aliphatic carbocycles. The summed E-state index contributed by atoms with van der Waals surface area (Å²) < 4.78 is 43.5. The van der Waals surface area contributed by atoms with Crippen molar-refractivity contribution in [1.82, 2.24) is 14.8 Å². The van der Waals surface area contributed by atoms with Gasteiger partial charge in [0.25, 0.3) is 5.56 Å². The van der Waals surface area contributed by atoms with E-state index in [0.29, 0.717) is 18.4 Å². The van der Waals surface area contributed by atoms with Gasteiger partial charge < -0.3 is 20.5 Å². The number of aliphatic carboxylic acids is 1. The first-order valence-corrected chi connectivity index (χ1v) is 11.7. The first-order valence-electron chi connectivity index (χ1n) is 11.7. The van der Waals surface area contributed by atoms with Gasteiger partial charge in [0.05, 0.1) is 23.5 Å². The molecule has 1 saturated carbocycles. The highest BCUT2D eigenvalue weighted by Crippen LogP contribution is 2.51. The molecule has 3 aromatic rings. The molecule has 0 amide bonds. The Hall–Kier alpha value is -3.85. The minimum Gasteiger partial charge on any atom is -0.481 e. The minimum atomic E-state index is -5.27. The van der Waals surface area contributed by atoms with Crippen molar-refractivity contribution in [2.45, 2.75) is 57.3 Å². The van der Waals surface area contributed by atoms with E-state index in [0.717, 1.165) is 38.8 Å². The second kappa shape index (κ2) is 9.23. The zero-order valence-electron chi connectivity index (χ0n) is 20.1. The van der Waals surface area contributed by atoms with E-state index >= 15 is 0 Å². The van der Waals surface area contributed by atoms with E-state index in [-0.39, 0.29) is 28.9 Å². The lowest BCUT2D eigenvalue weighted by Crippen LogP contribution is -2.56. The van der Waals surface area contributed by atoms with Crippen LogP contribution in [0.25, 0.3) is 10.9 Å². The zero-order chi connectivity index (χ0) is 27.2. The maximum atomic E-state index is 13.9. The normalized spacial score (nSPS) is 20.2. The molecule has 12 heteroatoms. The molecule has 37 heavy (non-hydrogen) atoms. The molecule has 196 valence electrons. The molecule has 0 radical (unpaired) electrons. The number of pyridine rings is 1. The highest BCUT2D eigenvalue weighted by Gasteiger charge is 2.66. The standard InChI is InChI=1S/C25H26F3N5O4/c1-23(2,22(35)36)24(37,25(26,27)28)15-7-9-16(10-8-15)31-20-19-18(11-12-30-21(19)34)33(32-20)17-6-4-3-5-14(17)13-29/h7-12,14,17,37H,3-6H2,1-2H3,(H,30,34)(H,31,32)(H,35,36). The highest BCUT2D eigenvalue weighted by molar-refractivity contribution is 5.91. The van der Waals surface area contributed by atoms with E-state index < -0.39 is 34.3 Å². The van der Waals surface area contributed by atoms with Crippen molar-refractivity contribution < 1.29 is 28.2 Å². The average molecular weight is 518 g/mol. The van der Waals surface area contributed by atoms with Crippen LogP contribution in [0.15, 0.2) is 41.3 Å². The van der Waals surface area contributed by atoms with E-state index in [1.54, 1.807) is 10.7 Å². The van der Waals surface area contributed by atoms with Gasteiger partial charge in [0, 0.05) is 11.9 Å². The van der Waals surface area contributed by atoms with Crippen molar-refractivity contribution in [1.29, 1.82) is 5.26 Å². The van der Waals surface area contributed by atoms with Crippen molar-refractivity contribution >= 4 is 28.4 Å². The average Bonchev–Trinajstić information content (AvgIpc) is 3.22. The van der Waals surface area contributed by atoms with Crippen LogP contribution in [-0.4, -0.2) is 37.1 Å². The Morgan fingerprint density at radius 3 is 2.43 bits per heavy atom. The molecule has 9 nitrogen and oxygen atoms in total. The van der Waals surface area contributed by atoms with Gasteiger partial charge in [-0.15, -0.1) is 0 Å². The third kappa shape index (κ3) is 4.23. The van der Waals surface area contributed by atoms with Gasteiger partial charge in [0.15, 0.2) is 5.82 Å². The van der Waals surface area contributed by atoms with Crippen LogP contribution < -0.4 is 10.9 Å². The number of benzene rings is 1. The Balaban J connectivity index is 1.74. The van der Waals surface area contributed by atoms with Crippen molar-refractivity contribution in [3.05, 3.63) is 52.4 Å². The number of fused-ring (bicyclic) bond motifs is 1. The first kappa shape index (κ1) is 26.2. The molecule has 1 fully saturated rings. The lowest BCUT2D eigenvalue weighted by atomic mass is 9.70. The quantitative estimate of drug-likeness (QED) is 0.375. The number of rotatable bonds is 6. The molecule has 1 aromatic carbocycles. The van der Waals surface area contributed by atoms with Crippen molar-refractivity contribution in [3.8, 4) is 6.07 Å². The number of aromatic nitrogens is 3. The summed E-state index contributed by atoms with van der Waals surface area (Å²) in [7, 11) is 0. The molecule has 0 bridgehead atoms. The lowest BCUT2D eigenvalue weighted by Gasteiger charge is -2.41. The zero-order valence-corrected chi connectivity index (χ0v) is 20.1. The minimum absolute atomic E-state index is 0.156. The molecule has 0 spiro atoms. The van der Waals surface area contributed by atoms with Gasteiger partial charge in [-0.05, 0) is 50.5 Å². The fraction of sp³-hybridized carbons (Fsp3) is 0.440. The summed E-state index contributed by atoms with van der Waals surface area (Å²) in [5.41, 5.74) is -6.54. The Kier molecular flexibility index (Phi) is 6.54. The van der Waals surface area contributed by atoms with Gasteiger partial charge in [0.1, 0.15) is 10.8 Å². The molecule has 0 aliphatic heterocycles. The fourth-order valence-corrected chi connectivity index (χ4v) is 4.96. The van der Waals surface area contributed by atoms with Crippen LogP contribution in [0.2, 0.25) is 0 Å². The third-order valence-corrected chi connectivity index (χ3v) is 7.25. The number of carbonyl (C=O) groups is 1. The fourth-order valence-electron chi connectivity index (χ4n) is 4.96.